The fourth-order valence-corrected chi connectivity index (χ4v) is 2.29. The van der Waals surface area contributed by atoms with Gasteiger partial charge in [0.25, 0.3) is 0 Å². The molecule has 1 aromatic heterocycles. The molecule has 104 valence electrons. The number of nitrogens with zero attached hydrogens (tertiary/aromatic N) is 1. The van der Waals surface area contributed by atoms with Crippen molar-refractivity contribution < 1.29 is 4.79 Å². The van der Waals surface area contributed by atoms with E-state index in [1.807, 2.05) is 61.5 Å². The van der Waals surface area contributed by atoms with Crippen LogP contribution >= 0.6 is 0 Å². The predicted molar refractivity (Wildman–Crippen MR) is 85.3 cm³/mol. The van der Waals surface area contributed by atoms with Gasteiger partial charge in [0, 0.05) is 11.6 Å². The van der Waals surface area contributed by atoms with Gasteiger partial charge in [-0.15, -0.1) is 0 Å². The SMILES string of the molecule is Cc1ccc(CC(=O)Nc2cccc3cccnc23)cc1. The number of benzene rings is 2. The van der Waals surface area contributed by atoms with Gasteiger partial charge in [-0.25, -0.2) is 0 Å². The highest BCUT2D eigenvalue weighted by Crippen LogP contribution is 2.20. The number of amides is 1. The summed E-state index contributed by atoms with van der Waals surface area (Å²) in [5, 5.41) is 3.97. The number of anilines is 1. The van der Waals surface area contributed by atoms with Gasteiger partial charge in [0.2, 0.25) is 5.91 Å². The zero-order valence-corrected chi connectivity index (χ0v) is 11.8. The van der Waals surface area contributed by atoms with Gasteiger partial charge in [0.1, 0.15) is 0 Å². The number of fused-ring (bicyclic) bond motifs is 1. The molecule has 0 aliphatic carbocycles. The minimum absolute atomic E-state index is 0.0305. The van der Waals surface area contributed by atoms with Crippen LogP contribution in [0.25, 0.3) is 10.9 Å². The average Bonchev–Trinajstić information content (AvgIpc) is 2.50. The Morgan fingerprint density at radius 3 is 2.62 bits per heavy atom. The molecular weight excluding hydrogens is 260 g/mol. The van der Waals surface area contributed by atoms with Crippen molar-refractivity contribution in [1.29, 1.82) is 0 Å². The third-order valence-corrected chi connectivity index (χ3v) is 3.39. The molecule has 0 spiro atoms. The van der Waals surface area contributed by atoms with Crippen molar-refractivity contribution in [2.75, 3.05) is 5.32 Å². The first-order valence-corrected chi connectivity index (χ1v) is 6.91. The maximum Gasteiger partial charge on any atom is 0.228 e. The predicted octanol–water partition coefficient (Wildman–Crippen LogP) is 3.72. The number of carbonyl (C=O) groups excluding carboxylic acids is 1. The van der Waals surface area contributed by atoms with Gasteiger partial charge in [-0.3, -0.25) is 9.78 Å². The summed E-state index contributed by atoms with van der Waals surface area (Å²) < 4.78 is 0. The summed E-state index contributed by atoms with van der Waals surface area (Å²) in [5.41, 5.74) is 3.77. The molecule has 0 aliphatic heterocycles. The Hall–Kier alpha value is -2.68. The Kier molecular flexibility index (Phi) is 3.65. The van der Waals surface area contributed by atoms with Crippen LogP contribution < -0.4 is 5.32 Å². The number of hydrogen-bond acceptors (Lipinski definition) is 2. The van der Waals surface area contributed by atoms with Crippen LogP contribution in [0, 0.1) is 6.92 Å². The van der Waals surface area contributed by atoms with Crippen molar-refractivity contribution in [2.24, 2.45) is 0 Å². The molecule has 3 heteroatoms. The van der Waals surface area contributed by atoms with E-state index in [4.69, 9.17) is 0 Å². The van der Waals surface area contributed by atoms with E-state index in [0.29, 0.717) is 6.42 Å². The lowest BCUT2D eigenvalue weighted by Crippen LogP contribution is -2.14. The number of rotatable bonds is 3. The van der Waals surface area contributed by atoms with Crippen LogP contribution in [0.3, 0.4) is 0 Å². The Bertz CT molecular complexity index is 773. The molecule has 1 N–H and O–H groups in total. The van der Waals surface area contributed by atoms with Crippen LogP contribution in [0.1, 0.15) is 11.1 Å². The molecule has 0 fully saturated rings. The van der Waals surface area contributed by atoms with Crippen molar-refractivity contribution in [2.45, 2.75) is 13.3 Å². The largest absolute Gasteiger partial charge is 0.324 e. The number of pyridine rings is 1. The highest BCUT2D eigenvalue weighted by molar-refractivity contribution is 6.00. The molecule has 0 saturated carbocycles. The zero-order chi connectivity index (χ0) is 14.7. The highest BCUT2D eigenvalue weighted by Gasteiger charge is 2.07. The van der Waals surface area contributed by atoms with Crippen LogP contribution in [0.2, 0.25) is 0 Å². The van der Waals surface area contributed by atoms with E-state index in [-0.39, 0.29) is 5.91 Å². The first-order chi connectivity index (χ1) is 10.2. The van der Waals surface area contributed by atoms with E-state index in [1.165, 1.54) is 5.56 Å². The third kappa shape index (κ3) is 3.08. The minimum Gasteiger partial charge on any atom is -0.324 e. The molecule has 0 saturated heterocycles. The smallest absolute Gasteiger partial charge is 0.228 e. The average molecular weight is 276 g/mol. The Labute approximate surface area is 123 Å². The molecule has 0 aliphatic rings. The monoisotopic (exact) mass is 276 g/mol. The molecule has 0 radical (unpaired) electrons. The molecule has 3 rings (SSSR count). The molecule has 1 heterocycles. The number of aryl methyl sites for hydroxylation is 1. The van der Waals surface area contributed by atoms with E-state index in [2.05, 4.69) is 10.3 Å². The normalized spacial score (nSPS) is 10.5. The fourth-order valence-electron chi connectivity index (χ4n) is 2.29. The van der Waals surface area contributed by atoms with Crippen LogP contribution in [0.5, 0.6) is 0 Å². The second-order valence-electron chi connectivity index (χ2n) is 5.09. The summed E-state index contributed by atoms with van der Waals surface area (Å²) in [6.45, 7) is 2.03. The maximum atomic E-state index is 12.2. The number of aromatic nitrogens is 1. The summed E-state index contributed by atoms with van der Waals surface area (Å²) in [5.74, 6) is -0.0305. The second kappa shape index (κ2) is 5.75. The summed E-state index contributed by atoms with van der Waals surface area (Å²) in [6.07, 6.45) is 2.10. The second-order valence-corrected chi connectivity index (χ2v) is 5.09. The van der Waals surface area contributed by atoms with Gasteiger partial charge >= 0.3 is 0 Å². The highest BCUT2D eigenvalue weighted by atomic mass is 16.1. The topological polar surface area (TPSA) is 42.0 Å². The van der Waals surface area contributed by atoms with E-state index in [1.54, 1.807) is 6.20 Å². The molecule has 2 aromatic carbocycles. The standard InChI is InChI=1S/C18H16N2O/c1-13-7-9-14(10-8-13)12-17(21)20-16-6-2-4-15-5-3-11-19-18(15)16/h2-11H,12H2,1H3,(H,20,21). The van der Waals surface area contributed by atoms with Crippen LogP contribution in [-0.2, 0) is 11.2 Å². The molecule has 21 heavy (non-hydrogen) atoms. The molecule has 0 bridgehead atoms. The maximum absolute atomic E-state index is 12.2. The van der Waals surface area contributed by atoms with Gasteiger partial charge in [-0.1, -0.05) is 48.0 Å². The number of nitrogens with one attached hydrogen (secondary N) is 1. The molecule has 0 atom stereocenters. The number of para-hydroxylation sites is 1. The number of hydrogen-bond donors (Lipinski definition) is 1. The first kappa shape index (κ1) is 13.3. The molecular formula is C18H16N2O. The minimum atomic E-state index is -0.0305. The first-order valence-electron chi connectivity index (χ1n) is 6.91. The summed E-state index contributed by atoms with van der Waals surface area (Å²) in [6, 6.07) is 17.7. The van der Waals surface area contributed by atoms with Crippen LogP contribution in [0.4, 0.5) is 5.69 Å². The molecule has 3 aromatic rings. The van der Waals surface area contributed by atoms with Crippen LogP contribution in [0.15, 0.2) is 60.8 Å². The quantitative estimate of drug-likeness (QED) is 0.792. The lowest BCUT2D eigenvalue weighted by atomic mass is 10.1. The lowest BCUT2D eigenvalue weighted by molar-refractivity contribution is -0.115. The number of carbonyl (C=O) groups is 1. The van der Waals surface area contributed by atoms with Gasteiger partial charge in [0.05, 0.1) is 17.6 Å². The van der Waals surface area contributed by atoms with Crippen molar-refractivity contribution >= 4 is 22.5 Å². The van der Waals surface area contributed by atoms with Crippen molar-refractivity contribution in [3.63, 3.8) is 0 Å². The van der Waals surface area contributed by atoms with E-state index in [0.717, 1.165) is 22.2 Å². The third-order valence-electron chi connectivity index (χ3n) is 3.39. The molecule has 3 nitrogen and oxygen atoms in total. The Morgan fingerprint density at radius 2 is 1.81 bits per heavy atom. The van der Waals surface area contributed by atoms with Crippen molar-refractivity contribution in [1.82, 2.24) is 4.98 Å². The lowest BCUT2D eigenvalue weighted by Gasteiger charge is -2.08. The van der Waals surface area contributed by atoms with Crippen molar-refractivity contribution in [3.8, 4) is 0 Å². The van der Waals surface area contributed by atoms with E-state index >= 15 is 0 Å². The van der Waals surface area contributed by atoms with Gasteiger partial charge in [-0.05, 0) is 24.6 Å². The summed E-state index contributed by atoms with van der Waals surface area (Å²) in [4.78, 5) is 16.5. The molecule has 0 unspecified atom stereocenters. The van der Waals surface area contributed by atoms with Crippen molar-refractivity contribution in [3.05, 3.63) is 71.9 Å². The zero-order valence-electron chi connectivity index (χ0n) is 11.8. The van der Waals surface area contributed by atoms with Crippen LogP contribution in [-0.4, -0.2) is 10.9 Å². The van der Waals surface area contributed by atoms with Gasteiger partial charge in [0.15, 0.2) is 0 Å². The van der Waals surface area contributed by atoms with Gasteiger partial charge < -0.3 is 5.32 Å². The fraction of sp³-hybridized carbons (Fsp3) is 0.111. The summed E-state index contributed by atoms with van der Waals surface area (Å²) >= 11 is 0. The molecule has 1 amide bonds. The van der Waals surface area contributed by atoms with Gasteiger partial charge in [-0.2, -0.15) is 0 Å². The van der Waals surface area contributed by atoms with E-state index in [9.17, 15) is 4.79 Å². The Balaban J connectivity index is 1.79. The summed E-state index contributed by atoms with van der Waals surface area (Å²) in [7, 11) is 0. The van der Waals surface area contributed by atoms with E-state index < -0.39 is 0 Å². The Morgan fingerprint density at radius 1 is 1.05 bits per heavy atom.